The Morgan fingerprint density at radius 1 is 0.400 bits per heavy atom. The third kappa shape index (κ3) is 42.3. The molecule has 0 spiro atoms. The van der Waals surface area contributed by atoms with Gasteiger partial charge in [0, 0.05) is 40.4 Å². The topological polar surface area (TPSA) is 0 Å². The van der Waals surface area contributed by atoms with Crippen molar-refractivity contribution in [2.24, 2.45) is 0 Å². The van der Waals surface area contributed by atoms with Crippen LogP contribution in [0.5, 0.6) is 0 Å². The van der Waals surface area contributed by atoms with Gasteiger partial charge in [0.1, 0.15) is 0 Å². The molecule has 0 aliphatic heterocycles. The van der Waals surface area contributed by atoms with Crippen LogP contribution < -0.4 is 0 Å². The zero-order valence-electron chi connectivity index (χ0n) is 2.08. The van der Waals surface area contributed by atoms with Crippen molar-refractivity contribution < 1.29 is 59.2 Å². The maximum absolute atomic E-state index is 0. The van der Waals surface area contributed by atoms with Crippen LogP contribution in [0.15, 0.2) is 0 Å². The molecule has 0 heterocycles. The molecule has 5 heteroatoms. The Morgan fingerprint density at radius 2 is 0.400 bits per heavy atom. The summed E-state index contributed by atoms with van der Waals surface area (Å²) in [5.74, 6) is 0. The molecule has 0 N–H and O–H groups in total. The molecule has 0 aromatic heterocycles. The van der Waals surface area contributed by atoms with Crippen molar-refractivity contribution in [2.75, 3.05) is 0 Å². The van der Waals surface area contributed by atoms with E-state index in [9.17, 15) is 0 Å². The Kier molecular flexibility index (Phi) is 2060. The smallest absolute Gasteiger partial charge is 0 e. The van der Waals surface area contributed by atoms with Gasteiger partial charge in [-0.25, -0.2) is 0 Å². The van der Waals surface area contributed by atoms with Crippen LogP contribution in [-0.2, 0) is 0 Å². The van der Waals surface area contributed by atoms with Gasteiger partial charge in [0.2, 0.25) is 0 Å². The normalized spacial score (nSPS) is 0. The first-order valence-corrected chi connectivity index (χ1v) is 0. The van der Waals surface area contributed by atoms with Gasteiger partial charge in [0.15, 0.2) is 0 Å². The Balaban J connectivity index is 0. The van der Waals surface area contributed by atoms with Crippen LogP contribution in [0.4, 0.5) is 18.8 Å². The van der Waals surface area contributed by atoms with Crippen molar-refractivity contribution in [3.8, 4) is 0 Å². The fourth-order valence-electron chi connectivity index (χ4n) is 0. The van der Waals surface area contributed by atoms with Crippen molar-refractivity contribution in [1.29, 1.82) is 0 Å². The quantitative estimate of drug-likeness (QED) is 0.530. The fraction of sp³-hybridized carbons (Fsp3) is 0. The zero-order chi connectivity index (χ0) is 0. The molecule has 1 radical (unpaired) electrons. The summed E-state index contributed by atoms with van der Waals surface area (Å²) >= 11 is 0. The minimum absolute atomic E-state index is 0. The molecular formula is H4F4Pm. The fourth-order valence-corrected chi connectivity index (χ4v) is 0. The molecule has 0 aromatic carbocycles. The van der Waals surface area contributed by atoms with Crippen LogP contribution in [0.3, 0.4) is 0 Å². The summed E-state index contributed by atoms with van der Waals surface area (Å²) in [6, 6.07) is 0. The van der Waals surface area contributed by atoms with Gasteiger partial charge >= 0.3 is 0 Å². The minimum Gasteiger partial charge on any atom is -0.269 e. The van der Waals surface area contributed by atoms with E-state index >= 15 is 0 Å². The molecule has 37 valence electrons. The van der Waals surface area contributed by atoms with E-state index in [1.54, 1.807) is 0 Å². The van der Waals surface area contributed by atoms with Crippen molar-refractivity contribution in [2.45, 2.75) is 0 Å². The molecule has 0 amide bonds. The maximum atomic E-state index is 0. The number of hydrogen-bond acceptors (Lipinski definition) is 0. The molecule has 0 aromatic rings. The average molecular weight is 225 g/mol. The predicted octanol–water partition coefficient (Wildman–Crippen LogP) is 0.610. The standard InChI is InChI=1S/4FH.Pm/h4*1H;. The van der Waals surface area contributed by atoms with E-state index in [2.05, 4.69) is 0 Å². The summed E-state index contributed by atoms with van der Waals surface area (Å²) in [5.41, 5.74) is 0. The molecule has 0 nitrogen and oxygen atoms in total. The number of hydrogen-bond donors (Lipinski definition) is 0. The zero-order valence-corrected chi connectivity index (χ0v) is 4.95. The van der Waals surface area contributed by atoms with Gasteiger partial charge in [-0.05, 0) is 0 Å². The first-order chi connectivity index (χ1) is 0. The van der Waals surface area contributed by atoms with Crippen LogP contribution in [0.2, 0.25) is 0 Å². The van der Waals surface area contributed by atoms with E-state index in [4.69, 9.17) is 0 Å². The van der Waals surface area contributed by atoms with E-state index in [1.165, 1.54) is 0 Å². The van der Waals surface area contributed by atoms with E-state index < -0.39 is 0 Å². The second kappa shape index (κ2) is 74.4. The Labute approximate surface area is 58.9 Å². The molecule has 0 rings (SSSR count). The Hall–Kier alpha value is 1.06. The monoisotopic (exact) mass is 225 g/mol. The van der Waals surface area contributed by atoms with E-state index in [0.717, 1.165) is 0 Å². The minimum atomic E-state index is 0. The maximum Gasteiger partial charge on any atom is 0 e. The summed E-state index contributed by atoms with van der Waals surface area (Å²) in [7, 11) is 0. The van der Waals surface area contributed by atoms with Crippen LogP contribution in [-0.4, -0.2) is 0 Å². The van der Waals surface area contributed by atoms with Crippen LogP contribution in [0, 0.1) is 40.4 Å². The molecule has 0 aliphatic rings. The molecular weight excluding hydrogens is 221 g/mol. The first kappa shape index (κ1) is 139. The Morgan fingerprint density at radius 3 is 0.400 bits per heavy atom. The largest absolute Gasteiger partial charge is 0.269 e. The molecule has 0 atom stereocenters. The van der Waals surface area contributed by atoms with Gasteiger partial charge in [-0.2, -0.15) is 0 Å². The molecule has 0 fully saturated rings. The molecule has 0 saturated heterocycles. The molecule has 0 unspecified atom stereocenters. The summed E-state index contributed by atoms with van der Waals surface area (Å²) in [6.07, 6.45) is 0. The van der Waals surface area contributed by atoms with Gasteiger partial charge in [0.25, 0.3) is 0 Å². The van der Waals surface area contributed by atoms with Gasteiger partial charge in [-0.1, -0.05) is 0 Å². The van der Waals surface area contributed by atoms with Gasteiger partial charge in [0.05, 0.1) is 0 Å². The van der Waals surface area contributed by atoms with Gasteiger partial charge in [-0.3, -0.25) is 18.8 Å². The van der Waals surface area contributed by atoms with Crippen molar-refractivity contribution >= 4 is 0 Å². The van der Waals surface area contributed by atoms with Crippen LogP contribution in [0.1, 0.15) is 0 Å². The third-order valence-corrected chi connectivity index (χ3v) is 0. The SMILES string of the molecule is F.F.F.F.[Pm]. The van der Waals surface area contributed by atoms with E-state index in [-0.39, 0.29) is 59.2 Å². The summed E-state index contributed by atoms with van der Waals surface area (Å²) < 4.78 is 0. The molecule has 0 bridgehead atoms. The van der Waals surface area contributed by atoms with Crippen LogP contribution >= 0.6 is 0 Å². The second-order valence-corrected chi connectivity index (χ2v) is 0. The van der Waals surface area contributed by atoms with Crippen molar-refractivity contribution in [1.82, 2.24) is 0 Å². The van der Waals surface area contributed by atoms with Crippen molar-refractivity contribution in [3.63, 3.8) is 0 Å². The van der Waals surface area contributed by atoms with E-state index in [1.807, 2.05) is 0 Å². The molecule has 5 heavy (non-hydrogen) atoms. The number of rotatable bonds is 0. The first-order valence-electron chi connectivity index (χ1n) is 0. The molecule has 0 saturated carbocycles. The van der Waals surface area contributed by atoms with Crippen molar-refractivity contribution in [3.05, 3.63) is 0 Å². The number of halogens is 4. The van der Waals surface area contributed by atoms with Crippen LogP contribution in [0.25, 0.3) is 0 Å². The summed E-state index contributed by atoms with van der Waals surface area (Å²) in [5, 5.41) is 0. The molecule has 0 aliphatic carbocycles. The Bertz CT molecular complexity index is 3.61. The van der Waals surface area contributed by atoms with Gasteiger partial charge in [-0.15, -0.1) is 0 Å². The average Bonchev–Trinajstić information content (AvgIpc) is 0. The second-order valence-electron chi connectivity index (χ2n) is 0. The van der Waals surface area contributed by atoms with E-state index in [0.29, 0.717) is 0 Å². The third-order valence-electron chi connectivity index (χ3n) is 0. The summed E-state index contributed by atoms with van der Waals surface area (Å²) in [6.45, 7) is 0. The summed E-state index contributed by atoms with van der Waals surface area (Å²) in [4.78, 5) is 0. The predicted molar refractivity (Wildman–Crippen MR) is 10.0 cm³/mol. The van der Waals surface area contributed by atoms with Gasteiger partial charge < -0.3 is 0 Å².